The first-order valence-electron chi connectivity index (χ1n) is 11.5. The number of carbonyl (C=O) groups excluding carboxylic acids is 1. The topological polar surface area (TPSA) is 104 Å². The molecule has 1 atom stereocenters. The molecule has 1 heterocycles. The van der Waals surface area contributed by atoms with E-state index >= 15 is 0 Å². The van der Waals surface area contributed by atoms with E-state index in [0.29, 0.717) is 17.9 Å². The fourth-order valence-electron chi connectivity index (χ4n) is 3.60. The summed E-state index contributed by atoms with van der Waals surface area (Å²) in [5.74, 6) is -0.145. The monoisotopic (exact) mass is 483 g/mol. The number of hydrogen-bond donors (Lipinski definition) is 3. The number of aromatic nitrogens is 2. The Morgan fingerprint density at radius 3 is 2.53 bits per heavy atom. The number of carbonyl (C=O) groups is 2. The lowest BCUT2D eigenvalue weighted by Crippen LogP contribution is -2.24. The second kappa shape index (κ2) is 12.2. The maximum atomic E-state index is 11.9. The summed E-state index contributed by atoms with van der Waals surface area (Å²) in [4.78, 5) is 31.5. The van der Waals surface area contributed by atoms with Crippen molar-refractivity contribution in [3.8, 4) is 11.1 Å². The highest BCUT2D eigenvalue weighted by Gasteiger charge is 2.21. The summed E-state index contributed by atoms with van der Waals surface area (Å²) in [6.45, 7) is 4.64. The summed E-state index contributed by atoms with van der Waals surface area (Å²) >= 11 is 6.84. The molecule has 3 aromatic rings. The van der Waals surface area contributed by atoms with Gasteiger partial charge in [-0.2, -0.15) is 0 Å². The number of imidazole rings is 1. The van der Waals surface area contributed by atoms with Crippen LogP contribution in [0.3, 0.4) is 0 Å². The minimum absolute atomic E-state index is 0.226. The second-order valence-electron chi connectivity index (χ2n) is 7.98. The normalized spacial score (nSPS) is 11.7. The molecule has 34 heavy (non-hydrogen) atoms. The SMILES string of the molecule is CCCCc1nc(C(Cl)c2ccc(-c3ccccc3C(=O)O)cc2)c(CNC(=O)OCCC)[nH]1. The third kappa shape index (κ3) is 6.38. The number of aryl methyl sites for hydroxylation is 1. The molecule has 0 spiro atoms. The molecule has 1 aromatic heterocycles. The van der Waals surface area contributed by atoms with Crippen molar-refractivity contribution < 1.29 is 19.4 Å². The van der Waals surface area contributed by atoms with Crippen LogP contribution in [0.25, 0.3) is 11.1 Å². The molecule has 0 aliphatic rings. The Balaban J connectivity index is 1.83. The number of nitrogens with zero attached hydrogens (tertiary/aromatic N) is 1. The predicted octanol–water partition coefficient (Wildman–Crippen LogP) is 6.08. The van der Waals surface area contributed by atoms with Gasteiger partial charge in [0.15, 0.2) is 0 Å². The van der Waals surface area contributed by atoms with Crippen molar-refractivity contribution in [3.63, 3.8) is 0 Å². The molecule has 2 aromatic carbocycles. The Kier molecular flexibility index (Phi) is 9.10. The zero-order valence-electron chi connectivity index (χ0n) is 19.4. The lowest BCUT2D eigenvalue weighted by atomic mass is 9.97. The van der Waals surface area contributed by atoms with Crippen LogP contribution in [-0.4, -0.2) is 33.7 Å². The molecule has 3 rings (SSSR count). The molecule has 0 aliphatic heterocycles. The van der Waals surface area contributed by atoms with Crippen LogP contribution >= 0.6 is 11.6 Å². The summed E-state index contributed by atoms with van der Waals surface area (Å²) in [5.41, 5.74) is 3.89. The van der Waals surface area contributed by atoms with Gasteiger partial charge in [0.25, 0.3) is 0 Å². The van der Waals surface area contributed by atoms with Gasteiger partial charge in [-0.1, -0.05) is 62.7 Å². The van der Waals surface area contributed by atoms with Gasteiger partial charge < -0.3 is 20.1 Å². The van der Waals surface area contributed by atoms with E-state index in [0.717, 1.165) is 48.3 Å². The van der Waals surface area contributed by atoms with Crippen molar-refractivity contribution in [1.29, 1.82) is 0 Å². The standard InChI is InChI=1S/C26H30ClN3O4/c1-3-5-10-22-29-21(16-28-26(33)34-15-4-2)24(30-22)23(27)18-13-11-17(12-14-18)19-8-6-7-9-20(19)25(31)32/h6-9,11-14,23H,3-5,10,15-16H2,1-2H3,(H,28,33)(H,29,30)(H,31,32). The van der Waals surface area contributed by atoms with Gasteiger partial charge in [-0.25, -0.2) is 14.6 Å². The van der Waals surface area contributed by atoms with Gasteiger partial charge in [-0.05, 0) is 35.6 Å². The van der Waals surface area contributed by atoms with Gasteiger partial charge in [-0.15, -0.1) is 11.6 Å². The van der Waals surface area contributed by atoms with E-state index in [9.17, 15) is 14.7 Å². The average Bonchev–Trinajstić information content (AvgIpc) is 3.27. The molecular weight excluding hydrogens is 454 g/mol. The number of ether oxygens (including phenoxy) is 1. The second-order valence-corrected chi connectivity index (χ2v) is 8.41. The molecule has 0 fully saturated rings. The summed E-state index contributed by atoms with van der Waals surface area (Å²) < 4.78 is 5.09. The Bertz CT molecular complexity index is 1110. The highest BCUT2D eigenvalue weighted by Crippen LogP contribution is 2.32. The van der Waals surface area contributed by atoms with Gasteiger partial charge in [0.1, 0.15) is 11.2 Å². The fourth-order valence-corrected chi connectivity index (χ4v) is 3.93. The van der Waals surface area contributed by atoms with Crippen LogP contribution in [0.5, 0.6) is 0 Å². The first-order valence-corrected chi connectivity index (χ1v) is 11.9. The first kappa shape index (κ1) is 25.3. The summed E-state index contributed by atoms with van der Waals surface area (Å²) in [5, 5.41) is 11.7. The number of alkyl halides is 1. The molecule has 0 radical (unpaired) electrons. The van der Waals surface area contributed by atoms with Gasteiger partial charge in [0.05, 0.1) is 30.1 Å². The van der Waals surface area contributed by atoms with Crippen molar-refractivity contribution in [1.82, 2.24) is 15.3 Å². The lowest BCUT2D eigenvalue weighted by molar-refractivity contribution is 0.0697. The van der Waals surface area contributed by atoms with Crippen LogP contribution in [-0.2, 0) is 17.7 Å². The van der Waals surface area contributed by atoms with Crippen molar-refractivity contribution >= 4 is 23.7 Å². The van der Waals surface area contributed by atoms with Crippen LogP contribution in [0.4, 0.5) is 4.79 Å². The maximum Gasteiger partial charge on any atom is 0.407 e. The largest absolute Gasteiger partial charge is 0.478 e. The number of amides is 1. The Morgan fingerprint density at radius 2 is 1.85 bits per heavy atom. The number of alkyl carbamates (subject to hydrolysis) is 1. The smallest absolute Gasteiger partial charge is 0.407 e. The molecule has 0 saturated carbocycles. The van der Waals surface area contributed by atoms with Crippen LogP contribution in [0.1, 0.15) is 71.6 Å². The fraction of sp³-hybridized carbons (Fsp3) is 0.346. The van der Waals surface area contributed by atoms with Gasteiger partial charge in [-0.3, -0.25) is 0 Å². The number of carboxylic acids is 1. The Morgan fingerprint density at radius 1 is 1.12 bits per heavy atom. The highest BCUT2D eigenvalue weighted by molar-refractivity contribution is 6.22. The van der Waals surface area contributed by atoms with Gasteiger partial charge >= 0.3 is 12.1 Å². The number of nitrogens with one attached hydrogen (secondary N) is 2. The number of rotatable bonds is 11. The molecule has 3 N–H and O–H groups in total. The van der Waals surface area contributed by atoms with Crippen LogP contribution in [0.2, 0.25) is 0 Å². The van der Waals surface area contributed by atoms with E-state index in [1.807, 2.05) is 37.3 Å². The molecular formula is C26H30ClN3O4. The Hall–Kier alpha value is -3.32. The first-order chi connectivity index (χ1) is 16.4. The van der Waals surface area contributed by atoms with Crippen LogP contribution < -0.4 is 5.32 Å². The van der Waals surface area contributed by atoms with Gasteiger partial charge in [0.2, 0.25) is 0 Å². The number of carboxylic acid groups (broad SMARTS) is 1. The Labute approximate surface area is 204 Å². The quantitative estimate of drug-likeness (QED) is 0.286. The minimum atomic E-state index is -0.972. The van der Waals surface area contributed by atoms with E-state index in [1.165, 1.54) is 0 Å². The van der Waals surface area contributed by atoms with Crippen molar-refractivity contribution in [2.75, 3.05) is 6.61 Å². The summed E-state index contributed by atoms with van der Waals surface area (Å²) in [6.07, 6.45) is 3.09. The molecule has 0 aliphatic carbocycles. The van der Waals surface area contributed by atoms with Crippen LogP contribution in [0.15, 0.2) is 48.5 Å². The van der Waals surface area contributed by atoms with Crippen molar-refractivity contribution in [2.45, 2.75) is 51.5 Å². The van der Waals surface area contributed by atoms with E-state index in [2.05, 4.69) is 17.2 Å². The molecule has 1 amide bonds. The molecule has 0 bridgehead atoms. The van der Waals surface area contributed by atoms with E-state index < -0.39 is 17.4 Å². The number of aromatic amines is 1. The van der Waals surface area contributed by atoms with Crippen molar-refractivity contribution in [2.24, 2.45) is 0 Å². The van der Waals surface area contributed by atoms with Crippen LogP contribution in [0, 0.1) is 0 Å². The highest BCUT2D eigenvalue weighted by atomic mass is 35.5. The van der Waals surface area contributed by atoms with E-state index in [-0.39, 0.29) is 12.1 Å². The predicted molar refractivity (Wildman–Crippen MR) is 132 cm³/mol. The summed E-state index contributed by atoms with van der Waals surface area (Å²) in [6, 6.07) is 14.4. The maximum absolute atomic E-state index is 11.9. The molecule has 0 saturated heterocycles. The molecule has 180 valence electrons. The minimum Gasteiger partial charge on any atom is -0.478 e. The van der Waals surface area contributed by atoms with E-state index in [4.69, 9.17) is 21.3 Å². The zero-order valence-corrected chi connectivity index (χ0v) is 20.2. The lowest BCUT2D eigenvalue weighted by Gasteiger charge is -2.12. The number of benzene rings is 2. The summed E-state index contributed by atoms with van der Waals surface area (Å²) in [7, 11) is 0. The number of hydrogen-bond acceptors (Lipinski definition) is 4. The zero-order chi connectivity index (χ0) is 24.5. The number of halogens is 1. The number of aromatic carboxylic acids is 1. The third-order valence-electron chi connectivity index (χ3n) is 5.39. The number of unbranched alkanes of at least 4 members (excludes halogenated alkanes) is 1. The number of H-pyrrole nitrogens is 1. The van der Waals surface area contributed by atoms with Gasteiger partial charge in [0, 0.05) is 6.42 Å². The molecule has 7 nitrogen and oxygen atoms in total. The van der Waals surface area contributed by atoms with E-state index in [1.54, 1.807) is 18.2 Å². The average molecular weight is 484 g/mol. The third-order valence-corrected chi connectivity index (χ3v) is 5.84. The van der Waals surface area contributed by atoms with Crippen molar-refractivity contribution in [3.05, 3.63) is 76.9 Å². The molecule has 1 unspecified atom stereocenters. The molecule has 8 heteroatoms.